The maximum Gasteiger partial charge on any atom is 0.407 e. The Morgan fingerprint density at radius 1 is 1.08 bits per heavy atom. The van der Waals surface area contributed by atoms with Crippen molar-refractivity contribution in [2.45, 2.75) is 18.8 Å². The van der Waals surface area contributed by atoms with Crippen LogP contribution in [-0.2, 0) is 11.3 Å². The summed E-state index contributed by atoms with van der Waals surface area (Å²) in [7, 11) is 0. The van der Waals surface area contributed by atoms with Gasteiger partial charge in [-0.2, -0.15) is 0 Å². The number of hydrogen-bond donors (Lipinski definition) is 3. The van der Waals surface area contributed by atoms with E-state index in [1.165, 1.54) is 0 Å². The van der Waals surface area contributed by atoms with Gasteiger partial charge in [-0.15, -0.1) is 0 Å². The first-order chi connectivity index (χ1) is 12.6. The number of carbonyl (C=O) groups is 1. The molecule has 1 aromatic heterocycles. The summed E-state index contributed by atoms with van der Waals surface area (Å²) in [4.78, 5) is 15.8. The van der Waals surface area contributed by atoms with Crippen molar-refractivity contribution in [2.75, 3.05) is 6.54 Å². The number of nitrogens with zero attached hydrogens (tertiary/aromatic N) is 1. The van der Waals surface area contributed by atoms with Crippen LogP contribution in [-0.4, -0.2) is 33.9 Å². The van der Waals surface area contributed by atoms with Crippen LogP contribution in [0.3, 0.4) is 0 Å². The number of fused-ring (bicyclic) bond motifs is 1. The van der Waals surface area contributed by atoms with Crippen LogP contribution in [0, 0.1) is 0 Å². The largest absolute Gasteiger partial charge is 0.445 e. The summed E-state index contributed by atoms with van der Waals surface area (Å²) >= 11 is 0. The number of aliphatic hydroxyl groups excluding tert-OH is 2. The number of amides is 1. The lowest BCUT2D eigenvalue weighted by Gasteiger charge is -2.19. The molecule has 3 N–H and O–H groups in total. The zero-order chi connectivity index (χ0) is 18.4. The van der Waals surface area contributed by atoms with Crippen LogP contribution in [0.5, 0.6) is 0 Å². The average Bonchev–Trinajstić information content (AvgIpc) is 2.70. The van der Waals surface area contributed by atoms with Gasteiger partial charge in [0.1, 0.15) is 18.8 Å². The van der Waals surface area contributed by atoms with Gasteiger partial charge in [0.25, 0.3) is 0 Å². The van der Waals surface area contributed by atoms with Crippen molar-refractivity contribution < 1.29 is 19.7 Å². The molecule has 2 unspecified atom stereocenters. The molecular weight excluding hydrogens is 332 g/mol. The summed E-state index contributed by atoms with van der Waals surface area (Å²) in [6.45, 7) is 0.0210. The van der Waals surface area contributed by atoms with Gasteiger partial charge in [-0.3, -0.25) is 4.98 Å². The third-order valence-electron chi connectivity index (χ3n) is 4.04. The molecule has 0 aliphatic carbocycles. The predicted octanol–water partition coefficient (Wildman–Crippen LogP) is 2.56. The van der Waals surface area contributed by atoms with Gasteiger partial charge in [-0.25, -0.2) is 4.79 Å². The second-order valence-corrected chi connectivity index (χ2v) is 5.94. The average molecular weight is 352 g/mol. The van der Waals surface area contributed by atoms with Crippen molar-refractivity contribution in [3.8, 4) is 0 Å². The Morgan fingerprint density at radius 3 is 2.69 bits per heavy atom. The number of pyridine rings is 1. The predicted molar refractivity (Wildman–Crippen MR) is 97.3 cm³/mol. The maximum atomic E-state index is 11.7. The van der Waals surface area contributed by atoms with Crippen molar-refractivity contribution in [2.24, 2.45) is 0 Å². The van der Waals surface area contributed by atoms with Gasteiger partial charge in [-0.1, -0.05) is 42.5 Å². The standard InChI is InChI=1S/C20H20N2O4/c23-18(12-22-20(25)26-13-14-4-2-1-3-5-14)19(24)16-6-7-17-11-21-9-8-15(17)10-16/h1-11,18-19,23-24H,12-13H2,(H,22,25). The molecule has 0 saturated heterocycles. The summed E-state index contributed by atoms with van der Waals surface area (Å²) in [5.74, 6) is 0. The van der Waals surface area contributed by atoms with Gasteiger partial charge < -0.3 is 20.3 Å². The number of carbonyl (C=O) groups excluding carboxylic acids is 1. The number of hydrogen-bond acceptors (Lipinski definition) is 5. The Balaban J connectivity index is 1.51. The smallest absolute Gasteiger partial charge is 0.407 e. The maximum absolute atomic E-state index is 11.7. The van der Waals surface area contributed by atoms with E-state index in [0.717, 1.165) is 16.3 Å². The zero-order valence-corrected chi connectivity index (χ0v) is 14.1. The molecule has 2 aromatic carbocycles. The number of rotatable bonds is 6. The normalized spacial score (nSPS) is 13.2. The molecular formula is C20H20N2O4. The summed E-state index contributed by atoms with van der Waals surface area (Å²) in [5.41, 5.74) is 1.43. The highest BCUT2D eigenvalue weighted by Gasteiger charge is 2.19. The summed E-state index contributed by atoms with van der Waals surface area (Å²) in [6, 6.07) is 16.5. The first-order valence-electron chi connectivity index (χ1n) is 8.28. The van der Waals surface area contributed by atoms with E-state index < -0.39 is 18.3 Å². The molecule has 0 radical (unpaired) electrons. The number of aromatic nitrogens is 1. The van der Waals surface area contributed by atoms with E-state index in [4.69, 9.17) is 4.74 Å². The Morgan fingerprint density at radius 2 is 1.88 bits per heavy atom. The molecule has 3 aromatic rings. The van der Waals surface area contributed by atoms with E-state index in [0.29, 0.717) is 5.56 Å². The van der Waals surface area contributed by atoms with Gasteiger partial charge in [0.15, 0.2) is 0 Å². The van der Waals surface area contributed by atoms with Crippen LogP contribution in [0.1, 0.15) is 17.2 Å². The molecule has 0 bridgehead atoms. The lowest BCUT2D eigenvalue weighted by molar-refractivity contribution is 0.0185. The molecule has 0 spiro atoms. The Bertz CT molecular complexity index is 870. The summed E-state index contributed by atoms with van der Waals surface area (Å²) in [6.07, 6.45) is 0.469. The Labute approximate surface area is 151 Å². The number of aliphatic hydroxyl groups is 2. The van der Waals surface area contributed by atoms with E-state index in [1.54, 1.807) is 24.5 Å². The topological polar surface area (TPSA) is 91.7 Å². The lowest BCUT2D eigenvalue weighted by Crippen LogP contribution is -2.35. The monoisotopic (exact) mass is 352 g/mol. The number of benzene rings is 2. The zero-order valence-electron chi connectivity index (χ0n) is 14.1. The van der Waals surface area contributed by atoms with E-state index >= 15 is 0 Å². The second-order valence-electron chi connectivity index (χ2n) is 5.94. The van der Waals surface area contributed by atoms with Gasteiger partial charge in [0.05, 0.1) is 0 Å². The first-order valence-corrected chi connectivity index (χ1v) is 8.28. The molecule has 6 heteroatoms. The van der Waals surface area contributed by atoms with Crippen LogP contribution in [0.15, 0.2) is 67.0 Å². The summed E-state index contributed by atoms with van der Waals surface area (Å²) in [5, 5.41) is 24.8. The number of nitrogens with one attached hydrogen (secondary N) is 1. The third-order valence-corrected chi connectivity index (χ3v) is 4.04. The molecule has 0 aliphatic rings. The van der Waals surface area contributed by atoms with Crippen molar-refractivity contribution in [3.63, 3.8) is 0 Å². The SMILES string of the molecule is O=C(NCC(O)C(O)c1ccc2cnccc2c1)OCc1ccccc1. The number of ether oxygens (including phenoxy) is 1. The van der Waals surface area contributed by atoms with Crippen molar-refractivity contribution in [3.05, 3.63) is 78.1 Å². The minimum atomic E-state index is -1.15. The van der Waals surface area contributed by atoms with Crippen LogP contribution in [0.25, 0.3) is 10.8 Å². The molecule has 134 valence electrons. The fourth-order valence-electron chi connectivity index (χ4n) is 2.58. The van der Waals surface area contributed by atoms with E-state index in [-0.39, 0.29) is 13.2 Å². The molecule has 0 aliphatic heterocycles. The van der Waals surface area contributed by atoms with E-state index in [1.807, 2.05) is 42.5 Å². The molecule has 6 nitrogen and oxygen atoms in total. The van der Waals surface area contributed by atoms with Crippen LogP contribution in [0.4, 0.5) is 4.79 Å². The fraction of sp³-hybridized carbons (Fsp3) is 0.200. The van der Waals surface area contributed by atoms with E-state index in [9.17, 15) is 15.0 Å². The Hall–Kier alpha value is -2.96. The molecule has 1 amide bonds. The highest BCUT2D eigenvalue weighted by molar-refractivity contribution is 5.82. The molecule has 1 heterocycles. The van der Waals surface area contributed by atoms with Gasteiger partial charge >= 0.3 is 6.09 Å². The molecule has 0 fully saturated rings. The van der Waals surface area contributed by atoms with Gasteiger partial charge in [0.2, 0.25) is 0 Å². The summed E-state index contributed by atoms with van der Waals surface area (Å²) < 4.78 is 5.07. The second kappa shape index (κ2) is 8.42. The van der Waals surface area contributed by atoms with Crippen molar-refractivity contribution in [1.29, 1.82) is 0 Å². The minimum absolute atomic E-state index is 0.122. The quantitative estimate of drug-likeness (QED) is 0.634. The molecule has 3 rings (SSSR count). The van der Waals surface area contributed by atoms with Crippen LogP contribution in [0.2, 0.25) is 0 Å². The third kappa shape index (κ3) is 4.56. The molecule has 2 atom stereocenters. The van der Waals surface area contributed by atoms with E-state index in [2.05, 4.69) is 10.3 Å². The molecule has 0 saturated carbocycles. The highest BCUT2D eigenvalue weighted by atomic mass is 16.5. The first kappa shape index (κ1) is 17.8. The van der Waals surface area contributed by atoms with Crippen LogP contribution >= 0.6 is 0 Å². The molecule has 26 heavy (non-hydrogen) atoms. The number of alkyl carbamates (subject to hydrolysis) is 1. The van der Waals surface area contributed by atoms with Gasteiger partial charge in [-0.05, 0) is 28.6 Å². The van der Waals surface area contributed by atoms with Crippen molar-refractivity contribution >= 4 is 16.9 Å². The fourth-order valence-corrected chi connectivity index (χ4v) is 2.58. The van der Waals surface area contributed by atoms with Crippen LogP contribution < -0.4 is 5.32 Å². The van der Waals surface area contributed by atoms with Crippen molar-refractivity contribution in [1.82, 2.24) is 10.3 Å². The Kier molecular flexibility index (Phi) is 5.78. The minimum Gasteiger partial charge on any atom is -0.445 e. The highest BCUT2D eigenvalue weighted by Crippen LogP contribution is 2.22. The van der Waals surface area contributed by atoms with Gasteiger partial charge in [0, 0.05) is 24.3 Å². The lowest BCUT2D eigenvalue weighted by atomic mass is 10.0.